The number of aliphatic hydroxyl groups is 1. The van der Waals surface area contributed by atoms with Crippen molar-refractivity contribution in [2.24, 2.45) is 0 Å². The number of hydrogen-bond donors (Lipinski definition) is 2. The summed E-state index contributed by atoms with van der Waals surface area (Å²) in [5.74, 6) is -0.778. The summed E-state index contributed by atoms with van der Waals surface area (Å²) in [6.07, 6.45) is 1.54. The molecule has 0 aliphatic carbocycles. The van der Waals surface area contributed by atoms with E-state index < -0.39 is 22.0 Å². The van der Waals surface area contributed by atoms with Crippen LogP contribution in [0.15, 0.2) is 24.3 Å². The van der Waals surface area contributed by atoms with Gasteiger partial charge in [-0.3, -0.25) is 4.79 Å². The van der Waals surface area contributed by atoms with E-state index in [4.69, 9.17) is 10.00 Å². The zero-order valence-electron chi connectivity index (χ0n) is 16.5. The summed E-state index contributed by atoms with van der Waals surface area (Å²) < 4.78 is 30.3. The van der Waals surface area contributed by atoms with E-state index in [1.54, 1.807) is 31.2 Å². The van der Waals surface area contributed by atoms with Gasteiger partial charge in [-0.05, 0) is 37.6 Å². The Bertz CT molecular complexity index is 1060. The number of anilines is 2. The molecule has 2 atom stereocenters. The molecule has 2 aromatic rings. The fraction of sp³-hybridized carbons (Fsp3) is 0.421. The molecule has 1 fully saturated rings. The monoisotopic (exact) mass is 450 g/mol. The number of nitrogens with zero attached hydrogens (tertiary/aromatic N) is 3. The lowest BCUT2D eigenvalue weighted by molar-refractivity contribution is 0.0856. The van der Waals surface area contributed by atoms with Crippen LogP contribution >= 0.6 is 11.3 Å². The molecule has 2 heterocycles. The van der Waals surface area contributed by atoms with Gasteiger partial charge in [-0.1, -0.05) is 0 Å². The molecule has 1 aromatic carbocycles. The van der Waals surface area contributed by atoms with Crippen molar-refractivity contribution in [3.05, 3.63) is 40.4 Å². The smallest absolute Gasteiger partial charge is 0.284 e. The first-order chi connectivity index (χ1) is 14.2. The van der Waals surface area contributed by atoms with Gasteiger partial charge in [-0.15, -0.1) is 11.3 Å². The Balaban J connectivity index is 1.88. The molecule has 1 saturated heterocycles. The lowest BCUT2D eigenvalue weighted by Gasteiger charge is -2.23. The van der Waals surface area contributed by atoms with E-state index >= 15 is 0 Å². The topological polar surface area (TPSA) is 133 Å². The van der Waals surface area contributed by atoms with Crippen LogP contribution in [0.4, 0.5) is 10.8 Å². The normalized spacial score (nSPS) is 18.7. The molecule has 2 N–H and O–H groups in total. The average Bonchev–Trinajstić information content (AvgIpc) is 3.26. The van der Waals surface area contributed by atoms with Crippen molar-refractivity contribution in [3.63, 3.8) is 0 Å². The third-order valence-corrected chi connectivity index (χ3v) is 6.10. The van der Waals surface area contributed by atoms with E-state index in [9.17, 15) is 18.3 Å². The number of benzene rings is 1. The molecule has 1 aliphatic rings. The molecule has 0 saturated carbocycles. The van der Waals surface area contributed by atoms with Gasteiger partial charge >= 0.3 is 0 Å². The number of carbonyl (C=O) groups excluding carboxylic acids is 1. The molecule has 160 valence electrons. The SMILES string of the molecule is Cc1sc(N(CC[C@H]2C[C@H](O)CO2)c2ccc(C#N)cc2)nc1C(=O)NS(C)(=O)=O. The summed E-state index contributed by atoms with van der Waals surface area (Å²) in [5, 5.41) is 19.2. The molecule has 1 amide bonds. The minimum atomic E-state index is -3.70. The Morgan fingerprint density at radius 3 is 2.70 bits per heavy atom. The summed E-state index contributed by atoms with van der Waals surface area (Å²) in [6.45, 7) is 2.52. The Kier molecular flexibility index (Phi) is 6.72. The second kappa shape index (κ2) is 9.09. The third-order valence-electron chi connectivity index (χ3n) is 4.55. The second-order valence-electron chi connectivity index (χ2n) is 7.05. The van der Waals surface area contributed by atoms with Crippen LogP contribution in [0, 0.1) is 18.3 Å². The number of aryl methyl sites for hydroxylation is 1. The molecule has 1 aliphatic heterocycles. The van der Waals surface area contributed by atoms with Crippen LogP contribution < -0.4 is 9.62 Å². The van der Waals surface area contributed by atoms with E-state index in [-0.39, 0.29) is 11.8 Å². The van der Waals surface area contributed by atoms with Gasteiger partial charge in [0, 0.05) is 23.5 Å². The van der Waals surface area contributed by atoms with E-state index in [2.05, 4.69) is 11.1 Å². The van der Waals surface area contributed by atoms with Gasteiger partial charge in [0.1, 0.15) is 5.69 Å². The summed E-state index contributed by atoms with van der Waals surface area (Å²) in [4.78, 5) is 19.2. The number of ether oxygens (including phenoxy) is 1. The first kappa shape index (κ1) is 22.2. The van der Waals surface area contributed by atoms with Gasteiger partial charge in [0.05, 0.1) is 36.7 Å². The number of nitrogens with one attached hydrogen (secondary N) is 1. The summed E-state index contributed by atoms with van der Waals surface area (Å²) in [6, 6.07) is 9.03. The predicted octanol–water partition coefficient (Wildman–Crippen LogP) is 1.69. The Morgan fingerprint density at radius 2 is 2.13 bits per heavy atom. The third kappa shape index (κ3) is 5.54. The molecule has 0 bridgehead atoms. The number of sulfonamides is 1. The molecule has 11 heteroatoms. The number of hydrogen-bond acceptors (Lipinski definition) is 9. The van der Waals surface area contributed by atoms with Crippen molar-refractivity contribution in [2.45, 2.75) is 32.0 Å². The highest BCUT2D eigenvalue weighted by Gasteiger charge is 2.26. The molecule has 1 aromatic heterocycles. The predicted molar refractivity (Wildman–Crippen MR) is 112 cm³/mol. The van der Waals surface area contributed by atoms with Crippen molar-refractivity contribution in [3.8, 4) is 6.07 Å². The zero-order chi connectivity index (χ0) is 21.9. The summed E-state index contributed by atoms with van der Waals surface area (Å²) in [5.41, 5.74) is 1.34. The highest BCUT2D eigenvalue weighted by Crippen LogP contribution is 2.33. The lowest BCUT2D eigenvalue weighted by Crippen LogP contribution is -2.30. The maximum absolute atomic E-state index is 12.3. The van der Waals surface area contributed by atoms with Crippen LogP contribution in [0.2, 0.25) is 0 Å². The van der Waals surface area contributed by atoms with Crippen LogP contribution in [-0.2, 0) is 14.8 Å². The zero-order valence-corrected chi connectivity index (χ0v) is 18.2. The van der Waals surface area contributed by atoms with Gasteiger partial charge in [0.2, 0.25) is 10.0 Å². The molecule has 9 nitrogen and oxygen atoms in total. The molecule has 0 spiro atoms. The number of aliphatic hydroxyl groups excluding tert-OH is 1. The summed E-state index contributed by atoms with van der Waals surface area (Å²) >= 11 is 1.27. The number of thiazole rings is 1. The Hall–Kier alpha value is -2.52. The van der Waals surface area contributed by atoms with Gasteiger partial charge in [0.25, 0.3) is 5.91 Å². The van der Waals surface area contributed by atoms with Crippen molar-refractivity contribution in [2.75, 3.05) is 24.3 Å². The van der Waals surface area contributed by atoms with Gasteiger partial charge < -0.3 is 14.7 Å². The van der Waals surface area contributed by atoms with Gasteiger partial charge in [-0.25, -0.2) is 18.1 Å². The molecular formula is C19H22N4O5S2. The number of rotatable bonds is 7. The van der Waals surface area contributed by atoms with E-state index in [1.807, 2.05) is 9.62 Å². The van der Waals surface area contributed by atoms with Crippen LogP contribution in [0.1, 0.15) is 33.8 Å². The van der Waals surface area contributed by atoms with Crippen molar-refractivity contribution in [1.82, 2.24) is 9.71 Å². The Labute approximate surface area is 179 Å². The van der Waals surface area contributed by atoms with E-state index in [0.717, 1.165) is 11.9 Å². The number of amides is 1. The standard InChI is InChI=1S/C19H22N4O5S2/c1-12-17(18(25)22-30(2,26)27)21-19(29-12)23(8-7-16-9-15(24)11-28-16)14-5-3-13(10-20)4-6-14/h3-6,15-16,24H,7-9,11H2,1-2H3,(H,22,25)/t15-,16-/m0/s1. The highest BCUT2D eigenvalue weighted by atomic mass is 32.2. The average molecular weight is 451 g/mol. The van der Waals surface area contributed by atoms with Crippen molar-refractivity contribution < 1.29 is 23.1 Å². The fourth-order valence-corrected chi connectivity index (χ4v) is 4.52. The Morgan fingerprint density at radius 1 is 1.43 bits per heavy atom. The fourth-order valence-electron chi connectivity index (χ4n) is 3.14. The molecule has 0 unspecified atom stereocenters. The highest BCUT2D eigenvalue weighted by molar-refractivity contribution is 7.89. The van der Waals surface area contributed by atoms with Crippen LogP contribution in [0.3, 0.4) is 0 Å². The number of aromatic nitrogens is 1. The van der Waals surface area contributed by atoms with Crippen molar-refractivity contribution >= 4 is 38.1 Å². The minimum absolute atomic E-state index is 0.0478. The van der Waals surface area contributed by atoms with Crippen molar-refractivity contribution in [1.29, 1.82) is 5.26 Å². The van der Waals surface area contributed by atoms with Crippen LogP contribution in [0.25, 0.3) is 0 Å². The second-order valence-corrected chi connectivity index (χ2v) is 9.98. The lowest BCUT2D eigenvalue weighted by atomic mass is 10.1. The summed E-state index contributed by atoms with van der Waals surface area (Å²) in [7, 11) is -3.70. The largest absolute Gasteiger partial charge is 0.391 e. The minimum Gasteiger partial charge on any atom is -0.391 e. The number of nitriles is 1. The van der Waals surface area contributed by atoms with E-state index in [1.165, 1.54) is 11.3 Å². The maximum Gasteiger partial charge on any atom is 0.284 e. The first-order valence-corrected chi connectivity index (χ1v) is 11.9. The number of carbonyl (C=O) groups is 1. The molecule has 0 radical (unpaired) electrons. The molecule has 3 rings (SSSR count). The van der Waals surface area contributed by atoms with E-state index in [0.29, 0.717) is 41.6 Å². The van der Waals surface area contributed by atoms with Gasteiger partial charge in [-0.2, -0.15) is 5.26 Å². The van der Waals surface area contributed by atoms with Crippen LogP contribution in [0.5, 0.6) is 0 Å². The molecular weight excluding hydrogens is 428 g/mol. The molecule has 30 heavy (non-hydrogen) atoms. The maximum atomic E-state index is 12.3. The first-order valence-electron chi connectivity index (χ1n) is 9.23. The van der Waals surface area contributed by atoms with Gasteiger partial charge in [0.15, 0.2) is 5.13 Å². The quantitative estimate of drug-likeness (QED) is 0.651. The van der Waals surface area contributed by atoms with Crippen LogP contribution in [-0.4, -0.2) is 56.0 Å².